The maximum absolute atomic E-state index is 12.1. The number of alkyl halides is 3. The fourth-order valence-corrected chi connectivity index (χ4v) is 2.04. The molecule has 3 N–H and O–H groups in total. The molecule has 2 rings (SSSR count). The second-order valence-electron chi connectivity index (χ2n) is 5.70. The van der Waals surface area contributed by atoms with Gasteiger partial charge in [0, 0.05) is 24.4 Å². The normalized spacial score (nSPS) is 11.1. The molecule has 0 aliphatic heterocycles. The molecule has 150 valence electrons. The minimum absolute atomic E-state index is 0.0276. The Morgan fingerprint density at radius 2 is 1.93 bits per heavy atom. The molecule has 28 heavy (non-hydrogen) atoms. The molecule has 0 saturated heterocycles. The molecule has 0 saturated carbocycles. The number of hydrogen-bond donors (Lipinski definition) is 2. The molecule has 0 amide bonds. The summed E-state index contributed by atoms with van der Waals surface area (Å²) in [5.74, 6) is -0.917. The molecule has 0 aliphatic carbocycles. The molecular formula is C17H18F3N5O3. The first-order valence-electron chi connectivity index (χ1n) is 8.19. The summed E-state index contributed by atoms with van der Waals surface area (Å²) in [6, 6.07) is 5.03. The van der Waals surface area contributed by atoms with E-state index < -0.39 is 18.6 Å². The number of carbonyl (C=O) groups excluding carboxylic acids is 1. The number of esters is 1. The quantitative estimate of drug-likeness (QED) is 0.288. The van der Waals surface area contributed by atoms with Crippen LogP contribution >= 0.6 is 0 Å². The van der Waals surface area contributed by atoms with Crippen LogP contribution in [-0.4, -0.2) is 39.5 Å². The van der Waals surface area contributed by atoms with Gasteiger partial charge in [-0.25, -0.2) is 15.0 Å². The molecule has 0 fully saturated rings. The first kappa shape index (κ1) is 21.1. The molecule has 0 unspecified atom stereocenters. The van der Waals surface area contributed by atoms with E-state index in [1.165, 1.54) is 12.4 Å². The van der Waals surface area contributed by atoms with E-state index in [2.05, 4.69) is 15.0 Å². The van der Waals surface area contributed by atoms with Crippen LogP contribution in [0.1, 0.15) is 25.0 Å². The van der Waals surface area contributed by atoms with Gasteiger partial charge >= 0.3 is 18.2 Å². The lowest BCUT2D eigenvalue weighted by atomic mass is 10.2. The summed E-state index contributed by atoms with van der Waals surface area (Å²) in [5, 5.41) is 7.04. The number of pyridine rings is 1. The molecule has 11 heteroatoms. The van der Waals surface area contributed by atoms with E-state index in [9.17, 15) is 18.0 Å². The smallest absolute Gasteiger partial charge is 0.389 e. The van der Waals surface area contributed by atoms with Crippen molar-refractivity contribution in [2.75, 3.05) is 6.61 Å². The topological polar surface area (TPSA) is 124 Å². The summed E-state index contributed by atoms with van der Waals surface area (Å²) in [5.41, 5.74) is 6.67. The van der Waals surface area contributed by atoms with Gasteiger partial charge in [-0.3, -0.25) is 10.2 Å². The van der Waals surface area contributed by atoms with E-state index >= 15 is 0 Å². The lowest BCUT2D eigenvalue weighted by molar-refractivity contribution is -0.143. The lowest BCUT2D eigenvalue weighted by Gasteiger charge is -2.08. The molecule has 0 aromatic carbocycles. The number of hydrogen-bond acceptors (Lipinski definition) is 7. The second kappa shape index (κ2) is 9.62. The van der Waals surface area contributed by atoms with Crippen molar-refractivity contribution in [2.45, 2.75) is 32.0 Å². The van der Waals surface area contributed by atoms with Crippen molar-refractivity contribution in [1.29, 1.82) is 5.41 Å². The average molecular weight is 397 g/mol. The van der Waals surface area contributed by atoms with Crippen molar-refractivity contribution in [3.05, 3.63) is 36.3 Å². The Hall–Kier alpha value is -3.24. The molecular weight excluding hydrogens is 379 g/mol. The highest BCUT2D eigenvalue weighted by molar-refractivity contribution is 5.94. The minimum atomic E-state index is -4.22. The Morgan fingerprint density at radius 3 is 2.57 bits per heavy atom. The second-order valence-corrected chi connectivity index (χ2v) is 5.70. The van der Waals surface area contributed by atoms with Gasteiger partial charge in [-0.1, -0.05) is 6.07 Å². The van der Waals surface area contributed by atoms with Gasteiger partial charge in [0.1, 0.15) is 18.9 Å². The molecule has 2 aromatic heterocycles. The first-order valence-corrected chi connectivity index (χ1v) is 8.19. The predicted molar refractivity (Wildman–Crippen MR) is 92.4 cm³/mol. The fourth-order valence-electron chi connectivity index (χ4n) is 2.04. The Kier molecular flexibility index (Phi) is 7.24. The van der Waals surface area contributed by atoms with Crippen LogP contribution < -0.4 is 10.5 Å². The predicted octanol–water partition coefficient (Wildman–Crippen LogP) is 2.63. The third-order valence-corrected chi connectivity index (χ3v) is 3.28. The Bertz CT molecular complexity index is 812. The number of rotatable bonds is 9. The molecule has 8 nitrogen and oxygen atoms in total. The molecule has 0 aliphatic rings. The maximum Gasteiger partial charge on any atom is 0.389 e. The van der Waals surface area contributed by atoms with E-state index in [4.69, 9.17) is 20.6 Å². The van der Waals surface area contributed by atoms with Crippen molar-refractivity contribution < 1.29 is 27.4 Å². The summed E-state index contributed by atoms with van der Waals surface area (Å²) in [6.45, 7) is -0.223. The van der Waals surface area contributed by atoms with E-state index in [0.717, 1.165) is 0 Å². The number of carbonyl (C=O) groups is 1. The van der Waals surface area contributed by atoms with Crippen LogP contribution in [0.15, 0.2) is 30.6 Å². The Morgan fingerprint density at radius 1 is 1.21 bits per heavy atom. The highest BCUT2D eigenvalue weighted by Crippen LogP contribution is 2.21. The number of halogens is 3. The number of nitrogens with one attached hydrogen (secondary N) is 1. The van der Waals surface area contributed by atoms with Crippen molar-refractivity contribution in [2.24, 2.45) is 5.73 Å². The molecule has 2 heterocycles. The van der Waals surface area contributed by atoms with Crippen molar-refractivity contribution in [3.63, 3.8) is 0 Å². The van der Waals surface area contributed by atoms with Gasteiger partial charge in [-0.2, -0.15) is 13.2 Å². The van der Waals surface area contributed by atoms with Gasteiger partial charge in [0.2, 0.25) is 0 Å². The lowest BCUT2D eigenvalue weighted by Crippen LogP contribution is -2.17. The van der Waals surface area contributed by atoms with Crippen LogP contribution in [0.4, 0.5) is 13.2 Å². The number of nitrogens with two attached hydrogens (primary N) is 1. The molecule has 0 spiro atoms. The van der Waals surface area contributed by atoms with Crippen LogP contribution in [0.5, 0.6) is 6.01 Å². The standard InChI is InChI=1S/C17H18F3N5O3/c18-17(19,20)5-2-6-27-16-23-8-11(9-24-16)13-4-1-3-12(25-13)10-28-15(26)7-14(21)22/h1,3-4,8-9H,2,5-7,10H2,(H3,21,22). The van der Waals surface area contributed by atoms with Crippen molar-refractivity contribution in [3.8, 4) is 17.3 Å². The van der Waals surface area contributed by atoms with Gasteiger partial charge in [-0.15, -0.1) is 0 Å². The van der Waals surface area contributed by atoms with Gasteiger partial charge < -0.3 is 15.2 Å². The van der Waals surface area contributed by atoms with Gasteiger partial charge in [0.05, 0.1) is 18.0 Å². The van der Waals surface area contributed by atoms with Crippen molar-refractivity contribution in [1.82, 2.24) is 15.0 Å². The Labute approximate surface area is 158 Å². The largest absolute Gasteiger partial charge is 0.463 e. The van der Waals surface area contributed by atoms with Gasteiger partial charge in [-0.05, 0) is 18.6 Å². The third kappa shape index (κ3) is 7.56. The Balaban J connectivity index is 1.91. The summed E-state index contributed by atoms with van der Waals surface area (Å²) in [4.78, 5) is 23.6. The molecule has 2 aromatic rings. The zero-order valence-electron chi connectivity index (χ0n) is 14.7. The average Bonchev–Trinajstić information content (AvgIpc) is 2.63. The van der Waals surface area contributed by atoms with Gasteiger partial charge in [0.25, 0.3) is 0 Å². The van der Waals surface area contributed by atoms with E-state index in [1.807, 2.05) is 0 Å². The SMILES string of the molecule is N=C(N)CC(=O)OCc1cccc(-c2cnc(OCCCC(F)(F)F)nc2)n1. The zero-order chi connectivity index (χ0) is 20.6. The van der Waals surface area contributed by atoms with Gasteiger partial charge in [0.15, 0.2) is 0 Å². The highest BCUT2D eigenvalue weighted by Gasteiger charge is 2.26. The van der Waals surface area contributed by atoms with Crippen LogP contribution in [0.25, 0.3) is 11.3 Å². The summed E-state index contributed by atoms with van der Waals surface area (Å²) >= 11 is 0. The van der Waals surface area contributed by atoms with E-state index in [1.54, 1.807) is 18.2 Å². The minimum Gasteiger partial charge on any atom is -0.463 e. The monoisotopic (exact) mass is 397 g/mol. The zero-order valence-corrected chi connectivity index (χ0v) is 14.7. The van der Waals surface area contributed by atoms with E-state index in [-0.39, 0.29) is 37.9 Å². The van der Waals surface area contributed by atoms with Crippen LogP contribution in [0.3, 0.4) is 0 Å². The number of aromatic nitrogens is 3. The molecule has 0 atom stereocenters. The molecule has 0 radical (unpaired) electrons. The van der Waals surface area contributed by atoms with Crippen LogP contribution in [-0.2, 0) is 16.1 Å². The summed E-state index contributed by atoms with van der Waals surface area (Å²) in [6.07, 6.45) is -2.76. The third-order valence-electron chi connectivity index (χ3n) is 3.28. The molecule has 0 bridgehead atoms. The van der Waals surface area contributed by atoms with Crippen LogP contribution in [0.2, 0.25) is 0 Å². The highest BCUT2D eigenvalue weighted by atomic mass is 19.4. The maximum atomic E-state index is 12.1. The van der Waals surface area contributed by atoms with Crippen molar-refractivity contribution >= 4 is 11.8 Å². The first-order chi connectivity index (χ1) is 13.2. The number of amidine groups is 1. The van der Waals surface area contributed by atoms with Crippen LogP contribution in [0, 0.1) is 5.41 Å². The van der Waals surface area contributed by atoms with E-state index in [0.29, 0.717) is 17.0 Å². The summed E-state index contributed by atoms with van der Waals surface area (Å²) < 4.78 is 46.3. The number of nitrogens with zero attached hydrogens (tertiary/aromatic N) is 3. The fraction of sp³-hybridized carbons (Fsp3) is 0.353. The number of ether oxygens (including phenoxy) is 2. The summed E-state index contributed by atoms with van der Waals surface area (Å²) in [7, 11) is 0.